The van der Waals surface area contributed by atoms with Gasteiger partial charge in [-0.3, -0.25) is 4.90 Å². The summed E-state index contributed by atoms with van der Waals surface area (Å²) in [6, 6.07) is 7.11. The van der Waals surface area contributed by atoms with E-state index in [0.717, 1.165) is 38.4 Å². The highest BCUT2D eigenvalue weighted by molar-refractivity contribution is 6.59. The maximum Gasteiger partial charge on any atom is 0.489 e. The molecule has 1 aliphatic rings. The van der Waals surface area contributed by atoms with Crippen LogP contribution in [0.1, 0.15) is 11.1 Å². The van der Waals surface area contributed by atoms with E-state index in [0.29, 0.717) is 5.56 Å². The number of benzene rings is 1. The van der Waals surface area contributed by atoms with Gasteiger partial charge in [-0.05, 0) is 11.6 Å². The lowest BCUT2D eigenvalue weighted by atomic mass is 9.76. The van der Waals surface area contributed by atoms with E-state index in [9.17, 15) is 10.0 Å². The third-order valence-corrected chi connectivity index (χ3v) is 3.02. The maximum absolute atomic E-state index is 9.24. The second-order valence-electron chi connectivity index (χ2n) is 4.30. The summed E-state index contributed by atoms with van der Waals surface area (Å²) in [5.41, 5.74) is 1.54. The minimum absolute atomic E-state index is 0.267. The lowest BCUT2D eigenvalue weighted by Gasteiger charge is -2.26. The van der Waals surface area contributed by atoms with Gasteiger partial charge in [0.1, 0.15) is 0 Å². The summed E-state index contributed by atoms with van der Waals surface area (Å²) in [6.07, 6.45) is 0. The van der Waals surface area contributed by atoms with Crippen molar-refractivity contribution in [3.63, 3.8) is 0 Å². The molecular weight excluding hydrogens is 231 g/mol. The summed E-state index contributed by atoms with van der Waals surface area (Å²) >= 11 is 0. The van der Waals surface area contributed by atoms with E-state index >= 15 is 0 Å². The third kappa shape index (κ3) is 3.09. The van der Waals surface area contributed by atoms with Crippen LogP contribution in [0.15, 0.2) is 18.2 Å². The molecule has 0 aliphatic carbocycles. The van der Waals surface area contributed by atoms with E-state index in [1.54, 1.807) is 12.1 Å². The third-order valence-electron chi connectivity index (χ3n) is 3.02. The Morgan fingerprint density at radius 2 is 2.06 bits per heavy atom. The van der Waals surface area contributed by atoms with E-state index < -0.39 is 7.12 Å². The summed E-state index contributed by atoms with van der Waals surface area (Å²) in [7, 11) is -1.61. The van der Waals surface area contributed by atoms with E-state index in [4.69, 9.17) is 10.00 Å². The smallest absolute Gasteiger partial charge is 0.423 e. The Kier molecular flexibility index (Phi) is 4.34. The zero-order chi connectivity index (χ0) is 13.0. The molecular formula is C12H15BN2O3. The highest BCUT2D eigenvalue weighted by Crippen LogP contribution is 2.08. The fraction of sp³-hybridized carbons (Fsp3) is 0.417. The fourth-order valence-electron chi connectivity index (χ4n) is 2.04. The van der Waals surface area contributed by atoms with Crippen molar-refractivity contribution in [1.82, 2.24) is 4.90 Å². The van der Waals surface area contributed by atoms with Crippen molar-refractivity contribution >= 4 is 12.6 Å². The van der Waals surface area contributed by atoms with Gasteiger partial charge < -0.3 is 14.8 Å². The van der Waals surface area contributed by atoms with Crippen molar-refractivity contribution in [1.29, 1.82) is 5.26 Å². The first-order valence-corrected chi connectivity index (χ1v) is 5.90. The highest BCUT2D eigenvalue weighted by Gasteiger charge is 2.18. The topological polar surface area (TPSA) is 76.7 Å². The fourth-order valence-corrected chi connectivity index (χ4v) is 2.04. The molecule has 0 atom stereocenters. The Bertz CT molecular complexity index is 453. The molecule has 0 unspecified atom stereocenters. The van der Waals surface area contributed by atoms with Gasteiger partial charge in [0.2, 0.25) is 0 Å². The Balaban J connectivity index is 2.13. The average Bonchev–Trinajstić information content (AvgIpc) is 2.40. The Labute approximate surface area is 106 Å². The predicted octanol–water partition coefficient (Wildman–Crippen LogP) is -0.930. The first-order chi connectivity index (χ1) is 8.70. The van der Waals surface area contributed by atoms with Gasteiger partial charge in [0.15, 0.2) is 0 Å². The van der Waals surface area contributed by atoms with Gasteiger partial charge in [-0.1, -0.05) is 12.1 Å². The molecule has 1 heterocycles. The van der Waals surface area contributed by atoms with E-state index in [-0.39, 0.29) is 5.46 Å². The Morgan fingerprint density at radius 1 is 1.33 bits per heavy atom. The molecule has 1 aliphatic heterocycles. The van der Waals surface area contributed by atoms with Crippen molar-refractivity contribution < 1.29 is 14.8 Å². The Morgan fingerprint density at radius 3 is 2.67 bits per heavy atom. The Hall–Kier alpha value is -1.39. The molecule has 1 fully saturated rings. The van der Waals surface area contributed by atoms with Crippen molar-refractivity contribution in [3.05, 3.63) is 29.3 Å². The summed E-state index contributed by atoms with van der Waals surface area (Å²) in [4.78, 5) is 2.23. The molecule has 0 spiro atoms. The normalized spacial score (nSPS) is 16.3. The van der Waals surface area contributed by atoms with Crippen molar-refractivity contribution in [2.24, 2.45) is 0 Å². The monoisotopic (exact) mass is 246 g/mol. The second-order valence-corrected chi connectivity index (χ2v) is 4.30. The molecule has 2 rings (SSSR count). The van der Waals surface area contributed by atoms with Crippen LogP contribution < -0.4 is 5.46 Å². The maximum atomic E-state index is 9.24. The molecule has 2 N–H and O–H groups in total. The van der Waals surface area contributed by atoms with Crippen LogP contribution in [-0.2, 0) is 11.3 Å². The summed E-state index contributed by atoms with van der Waals surface area (Å²) in [6.45, 7) is 3.93. The predicted molar refractivity (Wildman–Crippen MR) is 67.1 cm³/mol. The number of morpholine rings is 1. The lowest BCUT2D eigenvalue weighted by Crippen LogP contribution is -2.37. The minimum atomic E-state index is -1.61. The van der Waals surface area contributed by atoms with Gasteiger partial charge in [0.25, 0.3) is 0 Å². The number of hydrogen-bond donors (Lipinski definition) is 2. The molecule has 94 valence electrons. The van der Waals surface area contributed by atoms with Crippen LogP contribution in [0.3, 0.4) is 0 Å². The zero-order valence-electron chi connectivity index (χ0n) is 10.0. The van der Waals surface area contributed by atoms with Gasteiger partial charge in [-0.15, -0.1) is 0 Å². The zero-order valence-corrected chi connectivity index (χ0v) is 10.0. The van der Waals surface area contributed by atoms with Gasteiger partial charge in [-0.2, -0.15) is 5.26 Å². The standard InChI is InChI=1S/C12H15BN2O3/c14-8-11-2-1-10(7-12(11)13(16)17)9-15-3-5-18-6-4-15/h1-2,7,16-17H,3-6,9H2. The summed E-state index contributed by atoms with van der Waals surface area (Å²) < 4.78 is 5.27. The van der Waals surface area contributed by atoms with Crippen LogP contribution in [-0.4, -0.2) is 48.4 Å². The number of nitriles is 1. The quantitative estimate of drug-likeness (QED) is 0.674. The number of ether oxygens (including phenoxy) is 1. The number of hydrogen-bond acceptors (Lipinski definition) is 5. The lowest BCUT2D eigenvalue weighted by molar-refractivity contribution is 0.0342. The van der Waals surface area contributed by atoms with Crippen LogP contribution in [0.4, 0.5) is 0 Å². The van der Waals surface area contributed by atoms with E-state index in [1.807, 2.05) is 12.1 Å². The van der Waals surface area contributed by atoms with Gasteiger partial charge in [0, 0.05) is 25.1 Å². The molecule has 1 saturated heterocycles. The number of rotatable bonds is 3. The molecule has 1 aromatic carbocycles. The molecule has 5 nitrogen and oxygen atoms in total. The summed E-state index contributed by atoms with van der Waals surface area (Å²) in [5, 5.41) is 27.4. The molecule has 0 bridgehead atoms. The molecule has 1 aromatic rings. The molecule has 0 saturated carbocycles. The van der Waals surface area contributed by atoms with Crippen LogP contribution in [0.2, 0.25) is 0 Å². The van der Waals surface area contributed by atoms with Crippen LogP contribution in [0, 0.1) is 11.3 Å². The van der Waals surface area contributed by atoms with Crippen molar-refractivity contribution in [2.45, 2.75) is 6.54 Å². The molecule has 0 aromatic heterocycles. The molecule has 0 radical (unpaired) electrons. The van der Waals surface area contributed by atoms with Crippen LogP contribution in [0.5, 0.6) is 0 Å². The van der Waals surface area contributed by atoms with E-state index in [2.05, 4.69) is 4.90 Å². The molecule has 18 heavy (non-hydrogen) atoms. The highest BCUT2D eigenvalue weighted by atomic mass is 16.5. The SMILES string of the molecule is N#Cc1ccc(CN2CCOCC2)cc1B(O)O. The first kappa shape index (κ1) is 13.1. The summed E-state index contributed by atoms with van der Waals surface area (Å²) in [5.74, 6) is 0. The first-order valence-electron chi connectivity index (χ1n) is 5.90. The largest absolute Gasteiger partial charge is 0.489 e. The van der Waals surface area contributed by atoms with Crippen LogP contribution >= 0.6 is 0 Å². The van der Waals surface area contributed by atoms with Crippen molar-refractivity contribution in [3.8, 4) is 6.07 Å². The van der Waals surface area contributed by atoms with Gasteiger partial charge >= 0.3 is 7.12 Å². The van der Waals surface area contributed by atoms with Crippen molar-refractivity contribution in [2.75, 3.05) is 26.3 Å². The second kappa shape index (κ2) is 5.98. The molecule has 0 amide bonds. The minimum Gasteiger partial charge on any atom is -0.423 e. The van der Waals surface area contributed by atoms with Gasteiger partial charge in [-0.25, -0.2) is 0 Å². The van der Waals surface area contributed by atoms with Crippen LogP contribution in [0.25, 0.3) is 0 Å². The average molecular weight is 246 g/mol. The van der Waals surface area contributed by atoms with E-state index in [1.165, 1.54) is 0 Å². The van der Waals surface area contributed by atoms with Gasteiger partial charge in [0.05, 0.1) is 24.8 Å². The number of nitrogens with zero attached hydrogens (tertiary/aromatic N) is 2. The molecule has 6 heteroatoms.